The van der Waals surface area contributed by atoms with Gasteiger partial charge in [0.2, 0.25) is 5.95 Å². The Morgan fingerprint density at radius 2 is 2.07 bits per heavy atom. The van der Waals surface area contributed by atoms with Crippen LogP contribution >= 0.6 is 0 Å². The minimum absolute atomic E-state index is 0.0788. The number of carboxylic acids is 1. The van der Waals surface area contributed by atoms with Gasteiger partial charge in [0.25, 0.3) is 5.92 Å². The average molecular weight is 421 g/mol. The Balaban J connectivity index is 1.54. The number of carbonyl (C=O) groups is 1. The molecule has 4 aliphatic rings. The number of hydrogen-bond donors (Lipinski definition) is 1. The van der Waals surface area contributed by atoms with E-state index < -0.39 is 11.9 Å². The number of alkyl halides is 2. The van der Waals surface area contributed by atoms with Crippen LogP contribution in [0.25, 0.3) is 0 Å². The van der Waals surface area contributed by atoms with Gasteiger partial charge in [0.1, 0.15) is 11.5 Å². The molecule has 2 aliphatic carbocycles. The predicted octanol–water partition coefficient (Wildman–Crippen LogP) is 3.83. The Hall–Kier alpha value is -1.99. The summed E-state index contributed by atoms with van der Waals surface area (Å²) in [7, 11) is 0. The van der Waals surface area contributed by atoms with Crippen LogP contribution < -0.4 is 9.80 Å². The summed E-state index contributed by atoms with van der Waals surface area (Å²) < 4.78 is 29.7. The minimum Gasteiger partial charge on any atom is -0.481 e. The van der Waals surface area contributed by atoms with Gasteiger partial charge in [-0.2, -0.15) is 13.8 Å². The van der Waals surface area contributed by atoms with Gasteiger partial charge in [0, 0.05) is 44.1 Å². The maximum Gasteiger partial charge on any atom is 0.303 e. The highest BCUT2D eigenvalue weighted by Gasteiger charge is 2.76. The average Bonchev–Trinajstić information content (AvgIpc) is 2.98. The van der Waals surface area contributed by atoms with Crippen LogP contribution in [0, 0.1) is 16.7 Å². The van der Waals surface area contributed by atoms with Crippen molar-refractivity contribution in [3.05, 3.63) is 11.3 Å². The summed E-state index contributed by atoms with van der Waals surface area (Å²) in [6, 6.07) is 0.263. The van der Waals surface area contributed by atoms with E-state index in [9.17, 15) is 18.7 Å². The Bertz CT molecular complexity index is 909. The van der Waals surface area contributed by atoms with Gasteiger partial charge in [-0.15, -0.1) is 0 Å². The molecule has 0 amide bonds. The molecule has 4 atom stereocenters. The number of hydrogen-bond acceptors (Lipinski definition) is 5. The number of aliphatic carboxylic acids is 1. The van der Waals surface area contributed by atoms with E-state index in [1.165, 1.54) is 0 Å². The number of rotatable bonds is 5. The van der Waals surface area contributed by atoms with Crippen molar-refractivity contribution in [1.29, 1.82) is 0 Å². The van der Waals surface area contributed by atoms with Gasteiger partial charge in [-0.1, -0.05) is 13.8 Å². The first-order valence-corrected chi connectivity index (χ1v) is 11.2. The van der Waals surface area contributed by atoms with Crippen LogP contribution in [-0.4, -0.2) is 46.7 Å². The van der Waals surface area contributed by atoms with Crippen molar-refractivity contribution in [2.75, 3.05) is 29.4 Å². The molecular weight excluding hydrogens is 390 g/mol. The SMILES string of the molecule is CC[C@@]12CN(c3nc(N4CC[C@@H]4C)nc4c3CCCC4(F)F)C[C@]1(C)[C@H]2CC(=O)O. The standard InChI is InChI=1S/C22H30F2N4O2/c1-4-21-12-27(11-20(21,3)15(21)10-16(29)30)18-14-6-5-8-22(23,24)17(14)25-19(26-18)28-9-7-13(28)2/h13,15H,4-12H2,1-3H3,(H,29,30)/t13-,15+,20+,21-/m0/s1. The monoisotopic (exact) mass is 420 g/mol. The number of aromatic nitrogens is 2. The molecule has 30 heavy (non-hydrogen) atoms. The first-order valence-electron chi connectivity index (χ1n) is 11.2. The van der Waals surface area contributed by atoms with Gasteiger partial charge in [-0.3, -0.25) is 4.79 Å². The molecule has 6 nitrogen and oxygen atoms in total. The Morgan fingerprint density at radius 3 is 2.63 bits per heavy atom. The van der Waals surface area contributed by atoms with Gasteiger partial charge in [-0.05, 0) is 49.4 Å². The van der Waals surface area contributed by atoms with Crippen molar-refractivity contribution in [1.82, 2.24) is 9.97 Å². The maximum absolute atomic E-state index is 14.8. The molecule has 1 aromatic rings. The van der Waals surface area contributed by atoms with Crippen molar-refractivity contribution in [2.24, 2.45) is 16.7 Å². The summed E-state index contributed by atoms with van der Waals surface area (Å²) in [6.45, 7) is 8.48. The molecule has 2 aliphatic heterocycles. The van der Waals surface area contributed by atoms with Gasteiger partial charge in [0.05, 0.1) is 0 Å². The summed E-state index contributed by atoms with van der Waals surface area (Å²) in [4.78, 5) is 24.7. The van der Waals surface area contributed by atoms with Gasteiger partial charge < -0.3 is 14.9 Å². The molecule has 5 rings (SSSR count). The lowest BCUT2D eigenvalue weighted by Crippen LogP contribution is -2.47. The van der Waals surface area contributed by atoms with Crippen molar-refractivity contribution < 1.29 is 18.7 Å². The zero-order chi connectivity index (χ0) is 21.5. The van der Waals surface area contributed by atoms with E-state index in [1.54, 1.807) is 0 Å². The van der Waals surface area contributed by atoms with Crippen LogP contribution in [0.4, 0.5) is 20.5 Å². The van der Waals surface area contributed by atoms with Crippen molar-refractivity contribution in [2.45, 2.75) is 71.3 Å². The van der Waals surface area contributed by atoms with E-state index in [-0.39, 0.29) is 41.3 Å². The fraction of sp³-hybridized carbons (Fsp3) is 0.773. The summed E-state index contributed by atoms with van der Waals surface area (Å²) in [5.74, 6) is -2.47. The molecule has 1 saturated carbocycles. The minimum atomic E-state index is -2.92. The van der Waals surface area contributed by atoms with Crippen LogP contribution in [0.3, 0.4) is 0 Å². The van der Waals surface area contributed by atoms with Crippen LogP contribution in [0.5, 0.6) is 0 Å². The molecule has 0 spiro atoms. The molecule has 0 radical (unpaired) electrons. The number of fused-ring (bicyclic) bond motifs is 2. The van der Waals surface area contributed by atoms with E-state index >= 15 is 0 Å². The number of carboxylic acid groups (broad SMARTS) is 1. The van der Waals surface area contributed by atoms with E-state index in [1.807, 2.05) is 4.90 Å². The first kappa shape index (κ1) is 19.9. The topological polar surface area (TPSA) is 69.6 Å². The molecular formula is C22H30F2N4O2. The van der Waals surface area contributed by atoms with Crippen molar-refractivity contribution in [3.8, 4) is 0 Å². The third-order valence-electron chi connectivity index (χ3n) is 8.61. The summed E-state index contributed by atoms with van der Waals surface area (Å²) in [5, 5.41) is 9.33. The summed E-state index contributed by atoms with van der Waals surface area (Å²) in [5.41, 5.74) is 0.310. The Kier molecular flexibility index (Phi) is 4.16. The third-order valence-corrected chi connectivity index (χ3v) is 8.61. The van der Waals surface area contributed by atoms with Gasteiger partial charge in [-0.25, -0.2) is 4.98 Å². The largest absolute Gasteiger partial charge is 0.481 e. The smallest absolute Gasteiger partial charge is 0.303 e. The van der Waals surface area contributed by atoms with Crippen molar-refractivity contribution >= 4 is 17.7 Å². The molecule has 0 bridgehead atoms. The molecule has 1 aromatic heterocycles. The molecule has 3 fully saturated rings. The molecule has 0 unspecified atom stereocenters. The highest BCUT2D eigenvalue weighted by Crippen LogP contribution is 2.76. The molecule has 0 aromatic carbocycles. The number of piperidine rings is 1. The number of anilines is 2. The normalized spacial score (nSPS) is 36.2. The fourth-order valence-corrected chi connectivity index (χ4v) is 6.61. The quantitative estimate of drug-likeness (QED) is 0.781. The second-order valence-electron chi connectivity index (χ2n) is 10.00. The van der Waals surface area contributed by atoms with Gasteiger partial charge >= 0.3 is 5.97 Å². The van der Waals surface area contributed by atoms with Crippen LogP contribution in [0.1, 0.15) is 64.1 Å². The lowest BCUT2D eigenvalue weighted by molar-refractivity contribution is -0.137. The second kappa shape index (κ2) is 6.26. The van der Waals surface area contributed by atoms with E-state index in [0.29, 0.717) is 43.3 Å². The number of halogens is 2. The maximum atomic E-state index is 14.8. The number of nitrogens with zero attached hydrogens (tertiary/aromatic N) is 4. The Morgan fingerprint density at radius 1 is 1.30 bits per heavy atom. The predicted molar refractivity (Wildman–Crippen MR) is 109 cm³/mol. The van der Waals surface area contributed by atoms with E-state index in [4.69, 9.17) is 4.98 Å². The summed E-state index contributed by atoms with van der Waals surface area (Å²) >= 11 is 0. The van der Waals surface area contributed by atoms with Crippen LogP contribution in [0.2, 0.25) is 0 Å². The molecule has 8 heteroatoms. The Labute approximate surface area is 175 Å². The fourth-order valence-electron chi connectivity index (χ4n) is 6.61. The van der Waals surface area contributed by atoms with Crippen LogP contribution in [0.15, 0.2) is 0 Å². The van der Waals surface area contributed by atoms with Crippen molar-refractivity contribution in [3.63, 3.8) is 0 Å². The van der Waals surface area contributed by atoms with Crippen LogP contribution in [-0.2, 0) is 17.1 Å². The molecule has 2 saturated heterocycles. The van der Waals surface area contributed by atoms with Gasteiger partial charge in [0.15, 0.2) is 0 Å². The molecule has 164 valence electrons. The third kappa shape index (κ3) is 2.54. The zero-order valence-electron chi connectivity index (χ0n) is 17.9. The highest BCUT2D eigenvalue weighted by molar-refractivity contribution is 5.69. The second-order valence-corrected chi connectivity index (χ2v) is 10.00. The lowest BCUT2D eigenvalue weighted by Gasteiger charge is -2.40. The van der Waals surface area contributed by atoms with E-state index in [0.717, 1.165) is 19.4 Å². The first-order chi connectivity index (χ1) is 14.1. The zero-order valence-corrected chi connectivity index (χ0v) is 17.9. The lowest BCUT2D eigenvalue weighted by atomic mass is 9.92. The van der Waals surface area contributed by atoms with E-state index in [2.05, 4.69) is 30.7 Å². The molecule has 1 N–H and O–H groups in total. The molecule has 3 heterocycles. The highest BCUT2D eigenvalue weighted by atomic mass is 19.3. The summed E-state index contributed by atoms with van der Waals surface area (Å²) in [6.07, 6.45) is 2.92.